The Bertz CT molecular complexity index is 332. The molecule has 2 atom stereocenters. The summed E-state index contributed by atoms with van der Waals surface area (Å²) in [4.78, 5) is 0. The summed E-state index contributed by atoms with van der Waals surface area (Å²) in [5.74, 6) is -0.0175. The number of aliphatic hydroxyl groups is 1. The standard InChI is InChI=1S/C11H16O3/c1-6(8(3)12)10-4-9(13)5-11(14)7(10)2/h4-6,8,12-14H,1-3H3/t6-,8-/m1/s1. The number of hydrogen-bond donors (Lipinski definition) is 3. The van der Waals surface area contributed by atoms with Crippen molar-refractivity contribution in [3.8, 4) is 11.5 Å². The highest BCUT2D eigenvalue weighted by Crippen LogP contribution is 2.32. The van der Waals surface area contributed by atoms with Crippen molar-refractivity contribution in [3.05, 3.63) is 23.3 Å². The molecule has 3 N–H and O–H groups in total. The first kappa shape index (κ1) is 10.9. The van der Waals surface area contributed by atoms with Gasteiger partial charge >= 0.3 is 0 Å². The van der Waals surface area contributed by atoms with Gasteiger partial charge in [-0.3, -0.25) is 0 Å². The Kier molecular flexibility index (Phi) is 3.01. The molecule has 0 aromatic heterocycles. The van der Waals surface area contributed by atoms with Gasteiger partial charge in [-0.2, -0.15) is 0 Å². The summed E-state index contributed by atoms with van der Waals surface area (Å²) in [6, 6.07) is 2.88. The summed E-state index contributed by atoms with van der Waals surface area (Å²) in [5.41, 5.74) is 1.48. The van der Waals surface area contributed by atoms with Gasteiger partial charge in [0.25, 0.3) is 0 Å². The number of rotatable bonds is 2. The Morgan fingerprint density at radius 1 is 1.14 bits per heavy atom. The highest BCUT2D eigenvalue weighted by atomic mass is 16.3. The van der Waals surface area contributed by atoms with Crippen LogP contribution in [0.25, 0.3) is 0 Å². The van der Waals surface area contributed by atoms with Crippen LogP contribution in [0.4, 0.5) is 0 Å². The van der Waals surface area contributed by atoms with E-state index in [1.807, 2.05) is 6.92 Å². The molecule has 0 radical (unpaired) electrons. The highest BCUT2D eigenvalue weighted by Gasteiger charge is 2.16. The quantitative estimate of drug-likeness (QED) is 0.677. The molecule has 3 heteroatoms. The Morgan fingerprint density at radius 2 is 1.71 bits per heavy atom. The van der Waals surface area contributed by atoms with E-state index in [2.05, 4.69) is 0 Å². The molecule has 0 spiro atoms. The molecule has 0 aliphatic rings. The summed E-state index contributed by atoms with van der Waals surface area (Å²) >= 11 is 0. The monoisotopic (exact) mass is 196 g/mol. The third-order valence-corrected chi connectivity index (χ3v) is 2.62. The van der Waals surface area contributed by atoms with Crippen LogP contribution < -0.4 is 0 Å². The fraction of sp³-hybridized carbons (Fsp3) is 0.455. The fourth-order valence-corrected chi connectivity index (χ4v) is 1.44. The van der Waals surface area contributed by atoms with Gasteiger partial charge in [0.2, 0.25) is 0 Å². The number of aromatic hydroxyl groups is 2. The summed E-state index contributed by atoms with van der Waals surface area (Å²) in [5, 5.41) is 28.2. The number of phenolic OH excluding ortho intramolecular Hbond substituents is 2. The smallest absolute Gasteiger partial charge is 0.122 e. The molecule has 0 unspecified atom stereocenters. The van der Waals surface area contributed by atoms with Crippen molar-refractivity contribution >= 4 is 0 Å². The minimum absolute atomic E-state index is 0.0237. The van der Waals surface area contributed by atoms with Gasteiger partial charge in [0.05, 0.1) is 6.10 Å². The van der Waals surface area contributed by atoms with Crippen LogP contribution in [0.1, 0.15) is 30.9 Å². The second-order valence-corrected chi connectivity index (χ2v) is 3.71. The lowest BCUT2D eigenvalue weighted by Crippen LogP contribution is -2.12. The van der Waals surface area contributed by atoms with E-state index in [-0.39, 0.29) is 17.4 Å². The van der Waals surface area contributed by atoms with Gasteiger partial charge in [0.15, 0.2) is 0 Å². The molecule has 0 saturated carbocycles. The average molecular weight is 196 g/mol. The Labute approximate surface area is 83.6 Å². The highest BCUT2D eigenvalue weighted by molar-refractivity contribution is 5.46. The van der Waals surface area contributed by atoms with Gasteiger partial charge < -0.3 is 15.3 Å². The SMILES string of the molecule is Cc1c(O)cc(O)cc1[C@H](C)[C@@H](C)O. The van der Waals surface area contributed by atoms with Crippen molar-refractivity contribution in [1.82, 2.24) is 0 Å². The molecule has 0 heterocycles. The first-order valence-electron chi connectivity index (χ1n) is 4.64. The zero-order valence-corrected chi connectivity index (χ0v) is 8.65. The zero-order valence-electron chi connectivity index (χ0n) is 8.65. The van der Waals surface area contributed by atoms with Crippen LogP contribution in [0.2, 0.25) is 0 Å². The number of hydrogen-bond acceptors (Lipinski definition) is 3. The van der Waals surface area contributed by atoms with Crippen molar-refractivity contribution < 1.29 is 15.3 Å². The van der Waals surface area contributed by atoms with Crippen molar-refractivity contribution in [2.24, 2.45) is 0 Å². The normalized spacial score (nSPS) is 15.1. The Morgan fingerprint density at radius 3 is 2.21 bits per heavy atom. The van der Waals surface area contributed by atoms with Gasteiger partial charge in [-0.1, -0.05) is 6.92 Å². The molecule has 0 aliphatic heterocycles. The van der Waals surface area contributed by atoms with Gasteiger partial charge in [0, 0.05) is 12.0 Å². The molecule has 0 amide bonds. The zero-order chi connectivity index (χ0) is 10.9. The molecule has 0 saturated heterocycles. The molecule has 0 fully saturated rings. The first-order chi connectivity index (χ1) is 6.43. The maximum Gasteiger partial charge on any atom is 0.122 e. The number of phenols is 2. The van der Waals surface area contributed by atoms with E-state index in [0.29, 0.717) is 5.56 Å². The molecule has 1 rings (SSSR count). The predicted molar refractivity (Wildman–Crippen MR) is 54.6 cm³/mol. The van der Waals surface area contributed by atoms with E-state index < -0.39 is 6.10 Å². The van der Waals surface area contributed by atoms with Crippen molar-refractivity contribution in [1.29, 1.82) is 0 Å². The van der Waals surface area contributed by atoms with Crippen molar-refractivity contribution in [3.63, 3.8) is 0 Å². The van der Waals surface area contributed by atoms with Crippen LogP contribution in [-0.2, 0) is 0 Å². The van der Waals surface area contributed by atoms with Crippen LogP contribution in [0.15, 0.2) is 12.1 Å². The first-order valence-corrected chi connectivity index (χ1v) is 4.64. The maximum atomic E-state index is 9.47. The number of benzene rings is 1. The molecule has 14 heavy (non-hydrogen) atoms. The van der Waals surface area contributed by atoms with E-state index in [1.54, 1.807) is 19.9 Å². The van der Waals surface area contributed by atoms with Gasteiger partial charge in [-0.15, -0.1) is 0 Å². The molecule has 78 valence electrons. The second kappa shape index (κ2) is 3.88. The van der Waals surface area contributed by atoms with Crippen LogP contribution >= 0.6 is 0 Å². The lowest BCUT2D eigenvalue weighted by Gasteiger charge is -2.18. The third-order valence-electron chi connectivity index (χ3n) is 2.62. The summed E-state index contributed by atoms with van der Waals surface area (Å²) < 4.78 is 0. The van der Waals surface area contributed by atoms with Gasteiger partial charge in [-0.25, -0.2) is 0 Å². The molecule has 0 bridgehead atoms. The minimum Gasteiger partial charge on any atom is -0.508 e. The van der Waals surface area contributed by atoms with E-state index in [9.17, 15) is 15.3 Å². The van der Waals surface area contributed by atoms with Crippen molar-refractivity contribution in [2.45, 2.75) is 32.8 Å². The largest absolute Gasteiger partial charge is 0.508 e. The van der Waals surface area contributed by atoms with Gasteiger partial charge in [0.1, 0.15) is 11.5 Å². The summed E-state index contributed by atoms with van der Waals surface area (Å²) in [6.45, 7) is 5.31. The topological polar surface area (TPSA) is 60.7 Å². The van der Waals surface area contributed by atoms with E-state index in [0.717, 1.165) is 5.56 Å². The average Bonchev–Trinajstić information content (AvgIpc) is 2.09. The third kappa shape index (κ3) is 1.99. The number of aliphatic hydroxyl groups excluding tert-OH is 1. The van der Waals surface area contributed by atoms with Crippen LogP contribution in [0.5, 0.6) is 11.5 Å². The molecular formula is C11H16O3. The Balaban J connectivity index is 3.20. The molecule has 0 aliphatic carbocycles. The lowest BCUT2D eigenvalue weighted by molar-refractivity contribution is 0.168. The van der Waals surface area contributed by atoms with Crippen LogP contribution in [0, 0.1) is 6.92 Å². The molecule has 1 aromatic rings. The van der Waals surface area contributed by atoms with E-state index in [4.69, 9.17) is 0 Å². The van der Waals surface area contributed by atoms with Crippen LogP contribution in [0.3, 0.4) is 0 Å². The fourth-order valence-electron chi connectivity index (χ4n) is 1.44. The minimum atomic E-state index is -0.505. The van der Waals surface area contributed by atoms with E-state index >= 15 is 0 Å². The van der Waals surface area contributed by atoms with Crippen LogP contribution in [-0.4, -0.2) is 21.4 Å². The predicted octanol–water partition coefficient (Wildman–Crippen LogP) is 1.89. The summed E-state index contributed by atoms with van der Waals surface area (Å²) in [7, 11) is 0. The lowest BCUT2D eigenvalue weighted by atomic mass is 9.92. The Hall–Kier alpha value is -1.22. The molecule has 3 nitrogen and oxygen atoms in total. The summed E-state index contributed by atoms with van der Waals surface area (Å²) in [6.07, 6.45) is -0.505. The second-order valence-electron chi connectivity index (χ2n) is 3.71. The maximum absolute atomic E-state index is 9.47. The van der Waals surface area contributed by atoms with Gasteiger partial charge in [-0.05, 0) is 31.0 Å². The molecule has 1 aromatic carbocycles. The molecular weight excluding hydrogens is 180 g/mol. The van der Waals surface area contributed by atoms with E-state index in [1.165, 1.54) is 6.07 Å². The van der Waals surface area contributed by atoms with Crippen molar-refractivity contribution in [2.75, 3.05) is 0 Å².